The van der Waals surface area contributed by atoms with E-state index in [1.807, 2.05) is 65.0 Å². The molecule has 256 valence electrons. The Morgan fingerprint density at radius 2 is 0.867 bits per heavy atom. The number of rotatable bonds is 21. The molecule has 1 aromatic carbocycles. The summed E-state index contributed by atoms with van der Waals surface area (Å²) in [7, 11) is 6.34. The molecule has 1 aromatic rings. The number of amides is 4. The predicted octanol–water partition coefficient (Wildman–Crippen LogP) is 3.07. The van der Waals surface area contributed by atoms with Gasteiger partial charge in [-0.25, -0.2) is 9.59 Å². The smallest absolute Gasteiger partial charge is 0.328 e. The van der Waals surface area contributed by atoms with Crippen LogP contribution in [-0.4, -0.2) is 144 Å². The zero-order valence-electron chi connectivity index (χ0n) is 28.2. The summed E-state index contributed by atoms with van der Waals surface area (Å²) in [4.78, 5) is 35.6. The third kappa shape index (κ3) is 7.54. The standard InChI is InChI=1S/C31H52N4O10/c1-23(15-38-6)42-19-32-28(36)34(21-44-25(3)17-40-8)31(27-13-11-10-12-14-27)30(32,5)33(20-43-24(2)16-39-7)29(37)35(31)22-45-26(4)18-41-9/h10-14,23-26H,15-22H2,1-9H3. The van der Waals surface area contributed by atoms with Gasteiger partial charge in [-0.1, -0.05) is 30.3 Å². The van der Waals surface area contributed by atoms with E-state index in [9.17, 15) is 9.59 Å². The molecule has 45 heavy (non-hydrogen) atoms. The normalized spacial score (nSPS) is 24.4. The minimum atomic E-state index is -1.44. The molecule has 0 radical (unpaired) electrons. The fourth-order valence-corrected chi connectivity index (χ4v) is 5.97. The van der Waals surface area contributed by atoms with Gasteiger partial charge in [0.05, 0.1) is 50.8 Å². The Bertz CT molecular complexity index is 1010. The van der Waals surface area contributed by atoms with Gasteiger partial charge in [0.15, 0.2) is 11.3 Å². The second kappa shape index (κ2) is 16.8. The van der Waals surface area contributed by atoms with E-state index in [-0.39, 0.29) is 51.3 Å². The Morgan fingerprint density at radius 1 is 0.556 bits per heavy atom. The molecule has 4 atom stereocenters. The molecular formula is C31H52N4O10. The Hall–Kier alpha value is -2.56. The van der Waals surface area contributed by atoms with E-state index < -0.39 is 23.4 Å². The number of nitrogens with zero attached hydrogens (tertiary/aromatic N) is 4. The van der Waals surface area contributed by atoms with Crippen LogP contribution in [0.4, 0.5) is 9.59 Å². The number of hydrogen-bond acceptors (Lipinski definition) is 10. The minimum Gasteiger partial charge on any atom is -0.382 e. The highest BCUT2D eigenvalue weighted by molar-refractivity contribution is 5.88. The zero-order chi connectivity index (χ0) is 33.2. The number of methoxy groups -OCH3 is 4. The first-order valence-electron chi connectivity index (χ1n) is 15.2. The van der Waals surface area contributed by atoms with Gasteiger partial charge in [0.1, 0.15) is 26.9 Å². The lowest BCUT2D eigenvalue weighted by Gasteiger charge is -2.48. The lowest BCUT2D eigenvalue weighted by atomic mass is 9.86. The molecule has 0 aromatic heterocycles. The van der Waals surface area contributed by atoms with Crippen molar-refractivity contribution in [1.82, 2.24) is 19.6 Å². The van der Waals surface area contributed by atoms with Crippen molar-refractivity contribution in [3.63, 3.8) is 0 Å². The topological polar surface area (TPSA) is 121 Å². The van der Waals surface area contributed by atoms with Crippen LogP contribution in [0.2, 0.25) is 0 Å². The van der Waals surface area contributed by atoms with Crippen LogP contribution in [0.25, 0.3) is 0 Å². The average Bonchev–Trinajstić information content (AvgIpc) is 3.31. The first-order valence-corrected chi connectivity index (χ1v) is 15.2. The van der Waals surface area contributed by atoms with Crippen LogP contribution < -0.4 is 0 Å². The minimum absolute atomic E-state index is 0.134. The van der Waals surface area contributed by atoms with E-state index in [4.69, 9.17) is 37.9 Å². The van der Waals surface area contributed by atoms with Gasteiger partial charge in [-0.05, 0) is 34.6 Å². The summed E-state index contributed by atoms with van der Waals surface area (Å²) in [6.07, 6.45) is -1.34. The monoisotopic (exact) mass is 640 g/mol. The lowest BCUT2D eigenvalue weighted by Crippen LogP contribution is -2.65. The van der Waals surface area contributed by atoms with E-state index in [0.29, 0.717) is 32.0 Å². The Balaban J connectivity index is 2.24. The number of benzene rings is 1. The predicted molar refractivity (Wildman–Crippen MR) is 164 cm³/mol. The highest BCUT2D eigenvalue weighted by atomic mass is 16.6. The third-order valence-corrected chi connectivity index (χ3v) is 8.15. The molecule has 4 amide bonds. The van der Waals surface area contributed by atoms with Gasteiger partial charge in [-0.2, -0.15) is 0 Å². The maximum absolute atomic E-state index is 14.7. The van der Waals surface area contributed by atoms with Gasteiger partial charge in [-0.3, -0.25) is 19.6 Å². The number of urea groups is 2. The van der Waals surface area contributed by atoms with Crippen LogP contribution in [0.1, 0.15) is 40.2 Å². The first-order chi connectivity index (χ1) is 21.5. The van der Waals surface area contributed by atoms with E-state index >= 15 is 0 Å². The Labute approximate surface area is 267 Å². The molecule has 14 nitrogen and oxygen atoms in total. The van der Waals surface area contributed by atoms with Crippen molar-refractivity contribution >= 4 is 12.1 Å². The largest absolute Gasteiger partial charge is 0.382 e. The molecule has 0 aliphatic carbocycles. The number of fused-ring (bicyclic) bond motifs is 1. The van der Waals surface area contributed by atoms with Crippen molar-refractivity contribution in [2.24, 2.45) is 0 Å². The molecule has 3 rings (SSSR count). The molecule has 2 saturated heterocycles. The zero-order valence-corrected chi connectivity index (χ0v) is 28.2. The molecule has 2 aliphatic heterocycles. The summed E-state index contributed by atoms with van der Waals surface area (Å²) in [5.74, 6) is 0. The molecule has 2 aliphatic rings. The van der Waals surface area contributed by atoms with Gasteiger partial charge < -0.3 is 37.9 Å². The molecule has 0 N–H and O–H groups in total. The fraction of sp³-hybridized carbons (Fsp3) is 0.742. The Morgan fingerprint density at radius 3 is 1.18 bits per heavy atom. The van der Waals surface area contributed by atoms with Crippen molar-refractivity contribution in [3.8, 4) is 0 Å². The first kappa shape index (κ1) is 36.9. The SMILES string of the molecule is COCC(C)OCN1C(=O)N(COC(C)COC)C2(c3ccccc3)N(COC(C)COC)C(=O)N(COC(C)COC)C12C. The van der Waals surface area contributed by atoms with E-state index in [2.05, 4.69) is 0 Å². The van der Waals surface area contributed by atoms with E-state index in [1.165, 1.54) is 0 Å². The summed E-state index contributed by atoms with van der Waals surface area (Å²) < 4.78 is 45.8. The second-order valence-electron chi connectivity index (χ2n) is 11.6. The number of carbonyl (C=O) groups is 2. The van der Waals surface area contributed by atoms with Gasteiger partial charge in [0, 0.05) is 34.0 Å². The molecule has 4 unspecified atom stereocenters. The molecule has 2 fully saturated rings. The number of hydrogen-bond donors (Lipinski definition) is 0. The van der Waals surface area contributed by atoms with E-state index in [1.54, 1.807) is 48.0 Å². The van der Waals surface area contributed by atoms with Crippen LogP contribution in [0, 0.1) is 0 Å². The van der Waals surface area contributed by atoms with E-state index in [0.717, 1.165) is 0 Å². The van der Waals surface area contributed by atoms with Crippen molar-refractivity contribution in [2.75, 3.05) is 81.8 Å². The molecule has 2 heterocycles. The lowest BCUT2D eigenvalue weighted by molar-refractivity contribution is -0.160. The van der Waals surface area contributed by atoms with Crippen LogP contribution >= 0.6 is 0 Å². The number of carbonyl (C=O) groups excluding carboxylic acids is 2. The van der Waals surface area contributed by atoms with Gasteiger partial charge in [0.2, 0.25) is 0 Å². The van der Waals surface area contributed by atoms with Crippen molar-refractivity contribution in [2.45, 2.75) is 70.4 Å². The van der Waals surface area contributed by atoms with Gasteiger partial charge in [-0.15, -0.1) is 0 Å². The maximum Gasteiger partial charge on any atom is 0.328 e. The highest BCUT2D eigenvalue weighted by Crippen LogP contribution is 2.57. The van der Waals surface area contributed by atoms with Crippen LogP contribution in [0.3, 0.4) is 0 Å². The summed E-state index contributed by atoms with van der Waals surface area (Å²) in [5, 5.41) is 0. The summed E-state index contributed by atoms with van der Waals surface area (Å²) in [5.41, 5.74) is -2.13. The molecule has 0 bridgehead atoms. The van der Waals surface area contributed by atoms with Crippen molar-refractivity contribution in [3.05, 3.63) is 35.9 Å². The summed E-state index contributed by atoms with van der Waals surface area (Å²) in [6, 6.07) is 8.63. The van der Waals surface area contributed by atoms with Gasteiger partial charge in [0.25, 0.3) is 0 Å². The molecule has 0 spiro atoms. The quantitative estimate of drug-likeness (QED) is 0.198. The van der Waals surface area contributed by atoms with Crippen LogP contribution in [0.15, 0.2) is 30.3 Å². The Kier molecular flexibility index (Phi) is 13.8. The maximum atomic E-state index is 14.7. The van der Waals surface area contributed by atoms with Crippen molar-refractivity contribution < 1.29 is 47.5 Å². The van der Waals surface area contributed by atoms with Crippen LogP contribution in [0.5, 0.6) is 0 Å². The number of ether oxygens (including phenoxy) is 8. The summed E-state index contributed by atoms with van der Waals surface area (Å²) in [6.45, 7) is 9.98. The molecular weight excluding hydrogens is 588 g/mol. The average molecular weight is 641 g/mol. The van der Waals surface area contributed by atoms with Gasteiger partial charge >= 0.3 is 12.1 Å². The molecule has 0 saturated carbocycles. The third-order valence-electron chi connectivity index (χ3n) is 8.15. The van der Waals surface area contributed by atoms with Crippen molar-refractivity contribution in [1.29, 1.82) is 0 Å². The fourth-order valence-electron chi connectivity index (χ4n) is 5.97. The van der Waals surface area contributed by atoms with Crippen LogP contribution in [-0.2, 0) is 43.6 Å². The highest BCUT2D eigenvalue weighted by Gasteiger charge is 2.77. The summed E-state index contributed by atoms with van der Waals surface area (Å²) >= 11 is 0. The molecule has 14 heteroatoms. The second-order valence-corrected chi connectivity index (χ2v) is 11.6.